The van der Waals surface area contributed by atoms with Crippen molar-refractivity contribution < 1.29 is 22.0 Å². The molecule has 0 fully saturated rings. The summed E-state index contributed by atoms with van der Waals surface area (Å²) in [5.74, 6) is -2.11. The average molecular weight is 500 g/mol. The molecule has 35 heavy (non-hydrogen) atoms. The van der Waals surface area contributed by atoms with Crippen molar-refractivity contribution >= 4 is 21.6 Å². The molecular formula is C26H27F2N3O3S. The Balaban J connectivity index is 1.39. The number of fused-ring (bicyclic) bond motifs is 1. The minimum Gasteiger partial charge on any atom is -0.331 e. The Morgan fingerprint density at radius 2 is 1.80 bits per heavy atom. The van der Waals surface area contributed by atoms with Crippen LogP contribution in [0.4, 0.5) is 19.3 Å². The molecule has 1 unspecified atom stereocenters. The summed E-state index contributed by atoms with van der Waals surface area (Å²) in [5, 5.41) is 5.12. The molecule has 1 atom stereocenters. The number of nitrogens with zero attached hydrogens (tertiary/aromatic N) is 1. The molecular weight excluding hydrogens is 472 g/mol. The maximum Gasteiger partial charge on any atom is 0.319 e. The molecule has 3 aromatic carbocycles. The Labute approximate surface area is 203 Å². The summed E-state index contributed by atoms with van der Waals surface area (Å²) in [4.78, 5) is 14.7. The first-order chi connectivity index (χ1) is 16.6. The van der Waals surface area contributed by atoms with Crippen LogP contribution in [0.2, 0.25) is 0 Å². The van der Waals surface area contributed by atoms with Crippen molar-refractivity contribution in [3.8, 4) is 0 Å². The number of carbonyl (C=O) groups is 1. The largest absolute Gasteiger partial charge is 0.331 e. The number of halogens is 2. The quantitative estimate of drug-likeness (QED) is 0.510. The maximum absolute atomic E-state index is 13.9. The van der Waals surface area contributed by atoms with Crippen LogP contribution >= 0.6 is 0 Å². The number of rotatable bonds is 6. The molecule has 0 bridgehead atoms. The molecule has 0 saturated carbocycles. The molecule has 1 heterocycles. The Bertz CT molecular complexity index is 1340. The van der Waals surface area contributed by atoms with Gasteiger partial charge in [0, 0.05) is 24.3 Å². The van der Waals surface area contributed by atoms with Crippen molar-refractivity contribution in [2.45, 2.75) is 36.6 Å². The topological polar surface area (TPSA) is 78.5 Å². The van der Waals surface area contributed by atoms with Gasteiger partial charge in [-0.1, -0.05) is 30.3 Å². The number of amides is 2. The fourth-order valence-electron chi connectivity index (χ4n) is 4.18. The van der Waals surface area contributed by atoms with Gasteiger partial charge < -0.3 is 15.5 Å². The molecule has 6 nitrogen and oxygen atoms in total. The van der Waals surface area contributed by atoms with Gasteiger partial charge in [0.1, 0.15) is 0 Å². The summed E-state index contributed by atoms with van der Waals surface area (Å²) in [6.45, 7) is 3.34. The van der Waals surface area contributed by atoms with Gasteiger partial charge in [0.15, 0.2) is 21.5 Å². The minimum atomic E-state index is -3.58. The number of benzene rings is 3. The number of carbonyl (C=O) groups excluding carboxylic acids is 1. The molecule has 0 radical (unpaired) electrons. The molecule has 3 aromatic rings. The lowest BCUT2D eigenvalue weighted by Gasteiger charge is -2.25. The number of hydrogen-bond donors (Lipinski definition) is 2. The molecule has 1 aliphatic heterocycles. The van der Waals surface area contributed by atoms with Gasteiger partial charge in [-0.05, 0) is 67.4 Å². The first-order valence-corrected chi connectivity index (χ1v) is 12.9. The smallest absolute Gasteiger partial charge is 0.319 e. The van der Waals surface area contributed by atoms with Gasteiger partial charge >= 0.3 is 6.03 Å². The van der Waals surface area contributed by atoms with Crippen LogP contribution in [0.3, 0.4) is 0 Å². The van der Waals surface area contributed by atoms with Gasteiger partial charge in [-0.2, -0.15) is 0 Å². The van der Waals surface area contributed by atoms with Crippen LogP contribution in [-0.4, -0.2) is 32.9 Å². The first-order valence-electron chi connectivity index (χ1n) is 11.3. The van der Waals surface area contributed by atoms with E-state index in [1.54, 1.807) is 0 Å². The third-order valence-corrected chi connectivity index (χ3v) is 7.80. The van der Waals surface area contributed by atoms with Gasteiger partial charge in [0.2, 0.25) is 0 Å². The van der Waals surface area contributed by atoms with Crippen LogP contribution in [0.5, 0.6) is 0 Å². The third kappa shape index (κ3) is 5.86. The summed E-state index contributed by atoms with van der Waals surface area (Å²) < 4.78 is 53.3. The molecule has 0 aliphatic carbocycles. The fraction of sp³-hybridized carbons (Fsp3) is 0.269. The minimum absolute atomic E-state index is 0.0239. The van der Waals surface area contributed by atoms with Crippen LogP contribution in [0.1, 0.15) is 35.2 Å². The molecule has 9 heteroatoms. The Kier molecular flexibility index (Phi) is 7.18. The molecule has 2 amide bonds. The fourth-order valence-corrected chi connectivity index (χ4v) is 5.52. The molecule has 2 N–H and O–H groups in total. The SMILES string of the molecule is CC(NC(=O)Nc1ccc(S(=O)(=O)Cc2ccc3c(c2)CCN(C)C3)cc1)c1cccc(F)c1F. The number of sulfone groups is 1. The Hall–Kier alpha value is -3.30. The lowest BCUT2D eigenvalue weighted by Crippen LogP contribution is -2.31. The third-order valence-electron chi connectivity index (χ3n) is 6.10. The number of anilines is 1. The van der Waals surface area contributed by atoms with E-state index >= 15 is 0 Å². The maximum atomic E-state index is 13.9. The van der Waals surface area contributed by atoms with Crippen LogP contribution in [0.25, 0.3) is 0 Å². The van der Waals surface area contributed by atoms with Crippen molar-refractivity contribution in [1.82, 2.24) is 10.2 Å². The molecule has 0 spiro atoms. The summed E-state index contributed by atoms with van der Waals surface area (Å²) >= 11 is 0. The summed E-state index contributed by atoms with van der Waals surface area (Å²) in [7, 11) is -1.51. The highest BCUT2D eigenvalue weighted by atomic mass is 32.2. The van der Waals surface area contributed by atoms with Crippen molar-refractivity contribution in [2.75, 3.05) is 18.9 Å². The van der Waals surface area contributed by atoms with Crippen LogP contribution in [0, 0.1) is 11.6 Å². The zero-order valence-electron chi connectivity index (χ0n) is 19.5. The predicted molar refractivity (Wildman–Crippen MR) is 131 cm³/mol. The van der Waals surface area contributed by atoms with Crippen LogP contribution in [-0.2, 0) is 28.6 Å². The van der Waals surface area contributed by atoms with E-state index in [0.29, 0.717) is 5.69 Å². The van der Waals surface area contributed by atoms with E-state index in [1.807, 2.05) is 18.2 Å². The standard InChI is InChI=1S/C26H27F2N3O3S/c1-17(23-4-3-5-24(27)25(23)28)29-26(32)30-21-8-10-22(11-9-21)35(33,34)16-18-6-7-20-15-31(2)13-12-19(20)14-18/h3-11,14,17H,12-13,15-16H2,1-2H3,(H2,29,30,32). The van der Waals surface area contributed by atoms with E-state index < -0.39 is 33.5 Å². The molecule has 1 aliphatic rings. The van der Waals surface area contributed by atoms with Gasteiger partial charge in [-0.25, -0.2) is 22.0 Å². The van der Waals surface area contributed by atoms with E-state index in [4.69, 9.17) is 0 Å². The summed E-state index contributed by atoms with van der Waals surface area (Å²) in [5.41, 5.74) is 3.55. The van der Waals surface area contributed by atoms with E-state index in [-0.39, 0.29) is 16.2 Å². The van der Waals surface area contributed by atoms with E-state index in [0.717, 1.165) is 31.1 Å². The van der Waals surface area contributed by atoms with Gasteiger partial charge in [-0.15, -0.1) is 0 Å². The molecule has 0 aromatic heterocycles. The van der Waals surface area contributed by atoms with Crippen molar-refractivity contribution in [2.24, 2.45) is 0 Å². The normalized spacial score (nSPS) is 14.7. The van der Waals surface area contributed by atoms with Crippen molar-refractivity contribution in [3.63, 3.8) is 0 Å². The highest BCUT2D eigenvalue weighted by Crippen LogP contribution is 2.24. The van der Waals surface area contributed by atoms with Crippen molar-refractivity contribution in [1.29, 1.82) is 0 Å². The second-order valence-corrected chi connectivity index (χ2v) is 10.8. The lowest BCUT2D eigenvalue weighted by atomic mass is 9.98. The number of likely N-dealkylation sites (N-methyl/N-ethyl adjacent to an activating group) is 1. The zero-order valence-corrected chi connectivity index (χ0v) is 20.3. The Morgan fingerprint density at radius 3 is 2.54 bits per heavy atom. The highest BCUT2D eigenvalue weighted by Gasteiger charge is 2.19. The van der Waals surface area contributed by atoms with Gasteiger partial charge in [0.25, 0.3) is 0 Å². The number of urea groups is 1. The molecule has 184 valence electrons. The molecule has 0 saturated heterocycles. The molecule has 4 rings (SSSR count). The summed E-state index contributed by atoms with van der Waals surface area (Å²) in [6, 6.07) is 14.0. The predicted octanol–water partition coefficient (Wildman–Crippen LogP) is 4.81. The second kappa shape index (κ2) is 10.1. The van der Waals surface area contributed by atoms with Gasteiger partial charge in [0.05, 0.1) is 16.7 Å². The number of hydrogen-bond acceptors (Lipinski definition) is 4. The van der Waals surface area contributed by atoms with E-state index in [1.165, 1.54) is 54.4 Å². The summed E-state index contributed by atoms with van der Waals surface area (Å²) in [6.07, 6.45) is 0.895. The lowest BCUT2D eigenvalue weighted by molar-refractivity contribution is 0.249. The van der Waals surface area contributed by atoms with Gasteiger partial charge in [-0.3, -0.25) is 0 Å². The van der Waals surface area contributed by atoms with E-state index in [9.17, 15) is 22.0 Å². The first kappa shape index (κ1) is 24.8. The monoisotopic (exact) mass is 499 g/mol. The average Bonchev–Trinajstić information content (AvgIpc) is 2.81. The van der Waals surface area contributed by atoms with E-state index in [2.05, 4.69) is 22.6 Å². The number of nitrogens with one attached hydrogen (secondary N) is 2. The highest BCUT2D eigenvalue weighted by molar-refractivity contribution is 7.90. The Morgan fingerprint density at radius 1 is 1.06 bits per heavy atom. The zero-order chi connectivity index (χ0) is 25.2. The van der Waals surface area contributed by atoms with Crippen LogP contribution in [0.15, 0.2) is 65.6 Å². The second-order valence-electron chi connectivity index (χ2n) is 8.84. The van der Waals surface area contributed by atoms with Crippen molar-refractivity contribution in [3.05, 3.63) is 94.6 Å². The van der Waals surface area contributed by atoms with Crippen LogP contribution < -0.4 is 10.6 Å².